The molecule has 0 unspecified atom stereocenters. The summed E-state index contributed by atoms with van der Waals surface area (Å²) < 4.78 is 0. The molecule has 0 aliphatic carbocycles. The molecule has 0 spiro atoms. The van der Waals surface area contributed by atoms with Gasteiger partial charge in [-0.05, 0) is 54.5 Å². The number of thiophene rings is 1. The van der Waals surface area contributed by atoms with Crippen LogP contribution in [0.4, 0.5) is 0 Å². The fourth-order valence-corrected chi connectivity index (χ4v) is 4.23. The molecule has 0 fully saturated rings. The monoisotopic (exact) mass is 370 g/mol. The summed E-state index contributed by atoms with van der Waals surface area (Å²) >= 11 is 3.18. The lowest BCUT2D eigenvalue weighted by atomic mass is 10.0. The Balaban J connectivity index is 1.73. The lowest BCUT2D eigenvalue weighted by molar-refractivity contribution is -0.118. The second kappa shape index (κ2) is 8.02. The second-order valence-corrected chi connectivity index (χ2v) is 8.03. The Bertz CT molecular complexity index is 888. The minimum absolute atomic E-state index is 0.0447. The zero-order chi connectivity index (χ0) is 17.8. The number of carbonyl (C=O) groups excluding carboxylic acids is 1. The van der Waals surface area contributed by atoms with Gasteiger partial charge in [-0.25, -0.2) is 4.98 Å². The number of fused-ring (bicyclic) bond motifs is 1. The summed E-state index contributed by atoms with van der Waals surface area (Å²) in [6, 6.07) is 10.5. The summed E-state index contributed by atoms with van der Waals surface area (Å²) in [5.74, 6) is 0.435. The molecule has 0 aliphatic rings. The van der Waals surface area contributed by atoms with Gasteiger partial charge < -0.3 is 5.32 Å². The van der Waals surface area contributed by atoms with Crippen LogP contribution in [0, 0.1) is 13.8 Å². The topological polar surface area (TPSA) is 42.0 Å². The lowest BCUT2D eigenvalue weighted by Crippen LogP contribution is -2.24. The van der Waals surface area contributed by atoms with E-state index in [-0.39, 0.29) is 5.91 Å². The fraction of sp³-hybridized carbons (Fsp3) is 0.300. The van der Waals surface area contributed by atoms with Crippen LogP contribution in [0.3, 0.4) is 0 Å². The van der Waals surface area contributed by atoms with Crippen LogP contribution in [-0.2, 0) is 17.8 Å². The largest absolute Gasteiger partial charge is 0.350 e. The van der Waals surface area contributed by atoms with Crippen LogP contribution in [0.25, 0.3) is 10.9 Å². The van der Waals surface area contributed by atoms with Crippen molar-refractivity contribution >= 4 is 39.9 Å². The highest BCUT2D eigenvalue weighted by atomic mass is 32.2. The Morgan fingerprint density at radius 3 is 2.84 bits per heavy atom. The predicted octanol–water partition coefficient (Wildman–Crippen LogP) is 4.88. The number of hydrogen-bond donors (Lipinski definition) is 1. The molecule has 130 valence electrons. The van der Waals surface area contributed by atoms with E-state index in [1.165, 1.54) is 38.7 Å². The van der Waals surface area contributed by atoms with Gasteiger partial charge >= 0.3 is 0 Å². The number of aromatic nitrogens is 1. The van der Waals surface area contributed by atoms with E-state index in [1.807, 2.05) is 17.5 Å². The van der Waals surface area contributed by atoms with Crippen molar-refractivity contribution in [3.05, 3.63) is 57.3 Å². The highest BCUT2D eigenvalue weighted by Crippen LogP contribution is 2.28. The first-order valence-corrected chi connectivity index (χ1v) is 10.3. The van der Waals surface area contributed by atoms with Crippen LogP contribution in [0.1, 0.15) is 28.5 Å². The number of pyridine rings is 1. The summed E-state index contributed by atoms with van der Waals surface area (Å²) in [5, 5.41) is 7.13. The van der Waals surface area contributed by atoms with Crippen LogP contribution >= 0.6 is 23.1 Å². The minimum atomic E-state index is 0.0447. The van der Waals surface area contributed by atoms with Crippen LogP contribution < -0.4 is 5.32 Å². The van der Waals surface area contributed by atoms with E-state index in [9.17, 15) is 4.79 Å². The number of benzene rings is 1. The third-order valence-electron chi connectivity index (χ3n) is 4.31. The van der Waals surface area contributed by atoms with Crippen LogP contribution in [0.5, 0.6) is 0 Å². The molecule has 0 saturated carbocycles. The van der Waals surface area contributed by atoms with Gasteiger partial charge in [-0.3, -0.25) is 4.79 Å². The molecule has 2 aromatic heterocycles. The van der Waals surface area contributed by atoms with Crippen molar-refractivity contribution < 1.29 is 4.79 Å². The van der Waals surface area contributed by atoms with Gasteiger partial charge in [-0.15, -0.1) is 11.3 Å². The van der Waals surface area contributed by atoms with Crippen molar-refractivity contribution in [3.8, 4) is 0 Å². The Morgan fingerprint density at radius 2 is 2.12 bits per heavy atom. The third kappa shape index (κ3) is 4.22. The van der Waals surface area contributed by atoms with Crippen LogP contribution in [-0.4, -0.2) is 16.6 Å². The lowest BCUT2D eigenvalue weighted by Gasteiger charge is -2.11. The molecular formula is C20H22N2OS2. The molecule has 0 atom stereocenters. The minimum Gasteiger partial charge on any atom is -0.350 e. The van der Waals surface area contributed by atoms with Crippen molar-refractivity contribution in [1.29, 1.82) is 0 Å². The first kappa shape index (κ1) is 18.0. The molecular weight excluding hydrogens is 348 g/mol. The number of amides is 1. The number of nitrogens with one attached hydrogen (secondary N) is 1. The van der Waals surface area contributed by atoms with Gasteiger partial charge in [0, 0.05) is 10.3 Å². The number of carbonyl (C=O) groups is 1. The second-order valence-electron chi connectivity index (χ2n) is 6.03. The van der Waals surface area contributed by atoms with Crippen molar-refractivity contribution in [2.45, 2.75) is 38.8 Å². The number of rotatable bonds is 6. The Kier molecular flexibility index (Phi) is 5.76. The summed E-state index contributed by atoms with van der Waals surface area (Å²) in [7, 11) is 0. The van der Waals surface area contributed by atoms with Gasteiger partial charge in [-0.2, -0.15) is 0 Å². The van der Waals surface area contributed by atoms with E-state index < -0.39 is 0 Å². The van der Waals surface area contributed by atoms with E-state index in [1.54, 1.807) is 11.3 Å². The van der Waals surface area contributed by atoms with Crippen LogP contribution in [0.15, 0.2) is 40.7 Å². The predicted molar refractivity (Wildman–Crippen MR) is 107 cm³/mol. The molecule has 1 aromatic carbocycles. The van der Waals surface area contributed by atoms with Gasteiger partial charge in [0.25, 0.3) is 0 Å². The molecule has 2 heterocycles. The number of hydrogen-bond acceptors (Lipinski definition) is 4. The standard InChI is InChI=1S/C20H22N2OS2/c1-4-15-10-16-8-7-13(2)14(3)19(16)22-20(15)25-12-18(23)21-11-17-6-5-9-24-17/h5-10H,4,11-12H2,1-3H3,(H,21,23). The molecule has 0 bridgehead atoms. The number of nitrogens with zero attached hydrogens (tertiary/aromatic N) is 1. The quantitative estimate of drug-likeness (QED) is 0.629. The molecule has 1 amide bonds. The van der Waals surface area contributed by atoms with E-state index in [4.69, 9.17) is 4.98 Å². The maximum atomic E-state index is 12.1. The van der Waals surface area contributed by atoms with Crippen molar-refractivity contribution in [2.24, 2.45) is 0 Å². The molecule has 5 heteroatoms. The van der Waals surface area contributed by atoms with E-state index >= 15 is 0 Å². The Morgan fingerprint density at radius 1 is 1.28 bits per heavy atom. The van der Waals surface area contributed by atoms with Gasteiger partial charge in [0.1, 0.15) is 5.03 Å². The highest BCUT2D eigenvalue weighted by molar-refractivity contribution is 7.99. The molecule has 3 aromatic rings. The molecule has 25 heavy (non-hydrogen) atoms. The normalized spacial score (nSPS) is 11.0. The average molecular weight is 371 g/mol. The van der Waals surface area contributed by atoms with Crippen LogP contribution in [0.2, 0.25) is 0 Å². The van der Waals surface area contributed by atoms with Crippen molar-refractivity contribution in [2.75, 3.05) is 5.75 Å². The van der Waals surface area contributed by atoms with Crippen molar-refractivity contribution in [3.63, 3.8) is 0 Å². The number of aryl methyl sites for hydroxylation is 3. The number of thioether (sulfide) groups is 1. The SMILES string of the molecule is CCc1cc2ccc(C)c(C)c2nc1SCC(=O)NCc1cccs1. The maximum Gasteiger partial charge on any atom is 0.230 e. The molecule has 1 N–H and O–H groups in total. The molecule has 0 saturated heterocycles. The fourth-order valence-electron chi connectivity index (χ4n) is 2.67. The third-order valence-corrected chi connectivity index (χ3v) is 6.22. The van der Waals surface area contributed by atoms with Gasteiger partial charge in [-0.1, -0.05) is 36.9 Å². The van der Waals surface area contributed by atoms with Gasteiger partial charge in [0.05, 0.1) is 17.8 Å². The summed E-state index contributed by atoms with van der Waals surface area (Å²) in [6.45, 7) is 6.94. The Labute approximate surface area is 156 Å². The first-order chi connectivity index (χ1) is 12.1. The zero-order valence-electron chi connectivity index (χ0n) is 14.8. The zero-order valence-corrected chi connectivity index (χ0v) is 16.4. The summed E-state index contributed by atoms with van der Waals surface area (Å²) in [4.78, 5) is 18.2. The van der Waals surface area contributed by atoms with Gasteiger partial charge in [0.15, 0.2) is 0 Å². The molecule has 3 rings (SSSR count). The van der Waals surface area contributed by atoms with E-state index in [0.717, 1.165) is 17.0 Å². The van der Waals surface area contributed by atoms with E-state index in [0.29, 0.717) is 12.3 Å². The molecule has 0 radical (unpaired) electrons. The Hall–Kier alpha value is -1.85. The highest BCUT2D eigenvalue weighted by Gasteiger charge is 2.11. The average Bonchev–Trinajstić information content (AvgIpc) is 3.14. The molecule has 3 nitrogen and oxygen atoms in total. The molecule has 0 aliphatic heterocycles. The maximum absolute atomic E-state index is 12.1. The summed E-state index contributed by atoms with van der Waals surface area (Å²) in [5.41, 5.74) is 4.70. The van der Waals surface area contributed by atoms with Crippen molar-refractivity contribution in [1.82, 2.24) is 10.3 Å². The smallest absolute Gasteiger partial charge is 0.230 e. The summed E-state index contributed by atoms with van der Waals surface area (Å²) in [6.07, 6.45) is 0.912. The van der Waals surface area contributed by atoms with E-state index in [2.05, 4.69) is 44.3 Å². The van der Waals surface area contributed by atoms with Gasteiger partial charge in [0.2, 0.25) is 5.91 Å². The first-order valence-electron chi connectivity index (χ1n) is 8.40.